The Morgan fingerprint density at radius 3 is 2.36 bits per heavy atom. The van der Waals surface area contributed by atoms with Crippen molar-refractivity contribution < 1.29 is 4.42 Å². The summed E-state index contributed by atoms with van der Waals surface area (Å²) in [7, 11) is 0. The summed E-state index contributed by atoms with van der Waals surface area (Å²) in [6.07, 6.45) is 12.8. The second-order valence-electron chi connectivity index (χ2n) is 13.5. The van der Waals surface area contributed by atoms with E-state index >= 15 is 0 Å². The lowest BCUT2D eigenvalue weighted by atomic mass is 9.91. The number of nitrogens with zero attached hydrogens (tertiary/aromatic N) is 5. The minimum atomic E-state index is 0.147. The maximum absolute atomic E-state index is 12.6. The molecular weight excluding hydrogens is 599 g/mol. The average molecular weight is 648 g/mol. The van der Waals surface area contributed by atoms with Gasteiger partial charge in [0.1, 0.15) is 0 Å². The number of aryl methyl sites for hydroxylation is 1. The molecule has 242 valence electrons. The molecule has 1 saturated carbocycles. The molecule has 2 aromatic carbocycles. The highest BCUT2D eigenvalue weighted by molar-refractivity contribution is 7.71. The number of thiazole rings is 1. The Morgan fingerprint density at radius 1 is 0.711 bits per heavy atom. The maximum Gasteiger partial charge on any atom is 0.308 e. The molecule has 2 aliphatic heterocycles. The number of hydrogen-bond acceptors (Lipinski definition) is 7. The number of hydrogen-bond donors (Lipinski definition) is 0. The van der Waals surface area contributed by atoms with Crippen molar-refractivity contribution in [3.8, 4) is 0 Å². The molecule has 2 saturated heterocycles. The van der Waals surface area contributed by atoms with Gasteiger partial charge in [0.2, 0.25) is 0 Å². The molecule has 0 spiro atoms. The van der Waals surface area contributed by atoms with Crippen molar-refractivity contribution in [1.82, 2.24) is 23.8 Å². The lowest BCUT2D eigenvalue weighted by Gasteiger charge is -2.40. The number of fused-ring (bicyclic) bond motifs is 2. The third-order valence-corrected chi connectivity index (χ3v) is 12.1. The minimum absolute atomic E-state index is 0.147. The summed E-state index contributed by atoms with van der Waals surface area (Å²) in [6, 6.07) is 15.6. The van der Waals surface area contributed by atoms with Gasteiger partial charge in [-0.25, -0.2) is 0 Å². The number of para-hydroxylation sites is 2. The fourth-order valence-electron chi connectivity index (χ4n) is 8.20. The Morgan fingerprint density at radius 2 is 1.49 bits per heavy atom. The van der Waals surface area contributed by atoms with Crippen LogP contribution in [0.1, 0.15) is 75.7 Å². The topological polar surface area (TPSA) is 49.8 Å². The first kappa shape index (κ1) is 31.3. The summed E-state index contributed by atoms with van der Waals surface area (Å²) in [6.45, 7) is 10.8. The van der Waals surface area contributed by atoms with E-state index in [9.17, 15) is 4.79 Å². The van der Waals surface area contributed by atoms with Crippen LogP contribution < -0.4 is 4.87 Å². The zero-order valence-electron chi connectivity index (χ0n) is 26.7. The van der Waals surface area contributed by atoms with E-state index in [1.54, 1.807) is 0 Å². The molecule has 9 heteroatoms. The number of piperazine rings is 1. The highest BCUT2D eigenvalue weighted by Gasteiger charge is 2.25. The van der Waals surface area contributed by atoms with Crippen molar-refractivity contribution in [2.45, 2.75) is 89.3 Å². The Balaban J connectivity index is 0.916. The van der Waals surface area contributed by atoms with E-state index in [1.165, 1.54) is 88.1 Å². The quantitative estimate of drug-likeness (QED) is 0.133. The third-order valence-electron chi connectivity index (χ3n) is 10.8. The minimum Gasteiger partial charge on any atom is -0.429 e. The van der Waals surface area contributed by atoms with Gasteiger partial charge in [0.05, 0.1) is 15.7 Å². The van der Waals surface area contributed by atoms with Crippen LogP contribution in [0.15, 0.2) is 51.7 Å². The molecule has 0 bridgehead atoms. The molecule has 7 rings (SSSR count). The van der Waals surface area contributed by atoms with Crippen molar-refractivity contribution in [3.05, 3.63) is 62.5 Å². The van der Waals surface area contributed by atoms with Crippen LogP contribution in [0.25, 0.3) is 21.3 Å². The molecule has 1 unspecified atom stereocenters. The monoisotopic (exact) mass is 647 g/mol. The first-order valence-electron chi connectivity index (χ1n) is 17.5. The fourth-order valence-corrected chi connectivity index (χ4v) is 9.39. The molecule has 4 heterocycles. The van der Waals surface area contributed by atoms with Gasteiger partial charge in [-0.3, -0.25) is 18.8 Å². The van der Waals surface area contributed by atoms with Crippen LogP contribution in [0.2, 0.25) is 0 Å². The summed E-state index contributed by atoms with van der Waals surface area (Å²) in [5.74, 6) is 0.463. The number of unbranched alkanes of at least 4 members (excludes halogenated alkanes) is 1. The molecule has 3 fully saturated rings. The van der Waals surface area contributed by atoms with E-state index in [4.69, 9.17) is 16.6 Å². The van der Waals surface area contributed by atoms with E-state index in [1.807, 2.05) is 22.8 Å². The van der Waals surface area contributed by atoms with Crippen molar-refractivity contribution >= 4 is 44.9 Å². The summed E-state index contributed by atoms with van der Waals surface area (Å²) < 4.78 is 11.6. The van der Waals surface area contributed by atoms with Crippen LogP contribution in [0.3, 0.4) is 0 Å². The smallest absolute Gasteiger partial charge is 0.308 e. The zero-order valence-corrected chi connectivity index (χ0v) is 28.3. The van der Waals surface area contributed by atoms with Crippen molar-refractivity contribution in [3.63, 3.8) is 0 Å². The van der Waals surface area contributed by atoms with Gasteiger partial charge in [-0.15, -0.1) is 0 Å². The van der Waals surface area contributed by atoms with E-state index in [2.05, 4.69) is 43.5 Å². The Hall–Kier alpha value is -2.30. The largest absolute Gasteiger partial charge is 0.429 e. The van der Waals surface area contributed by atoms with Crippen LogP contribution in [-0.4, -0.2) is 82.2 Å². The van der Waals surface area contributed by atoms with E-state index in [0.717, 1.165) is 85.8 Å². The average Bonchev–Trinajstić information content (AvgIpc) is 3.46. The van der Waals surface area contributed by atoms with Crippen LogP contribution >= 0.6 is 23.6 Å². The third kappa shape index (κ3) is 7.18. The van der Waals surface area contributed by atoms with E-state index < -0.39 is 0 Å². The molecule has 3 aliphatic rings. The van der Waals surface area contributed by atoms with E-state index in [0.29, 0.717) is 10.8 Å². The summed E-state index contributed by atoms with van der Waals surface area (Å²) in [5.41, 5.74) is 4.53. The van der Waals surface area contributed by atoms with Crippen molar-refractivity contribution in [1.29, 1.82) is 0 Å². The van der Waals surface area contributed by atoms with Gasteiger partial charge < -0.3 is 14.2 Å². The molecule has 2 aromatic heterocycles. The maximum atomic E-state index is 12.6. The molecule has 0 amide bonds. The predicted molar refractivity (Wildman–Crippen MR) is 188 cm³/mol. The Labute approximate surface area is 276 Å². The second kappa shape index (κ2) is 14.6. The van der Waals surface area contributed by atoms with Gasteiger partial charge in [0.15, 0.2) is 5.58 Å². The Bertz CT molecular complexity index is 1670. The molecule has 0 N–H and O–H groups in total. The number of benzene rings is 2. The molecular formula is C36H49N5O2S2. The van der Waals surface area contributed by atoms with Crippen LogP contribution in [-0.2, 0) is 13.1 Å². The zero-order chi connectivity index (χ0) is 30.6. The predicted octanol–water partition coefficient (Wildman–Crippen LogP) is 7.34. The number of oxazole rings is 1. The normalized spacial score (nSPS) is 21.6. The molecule has 7 nitrogen and oxygen atoms in total. The van der Waals surface area contributed by atoms with Crippen LogP contribution in [0.5, 0.6) is 0 Å². The van der Waals surface area contributed by atoms with Gasteiger partial charge in [-0.05, 0) is 101 Å². The first-order chi connectivity index (χ1) is 22.1. The number of likely N-dealkylation sites (tertiary alicyclic amines) is 1. The second-order valence-corrected chi connectivity index (χ2v) is 14.9. The van der Waals surface area contributed by atoms with Gasteiger partial charge in [0.25, 0.3) is 4.84 Å². The summed E-state index contributed by atoms with van der Waals surface area (Å²) in [5, 5.41) is 0. The van der Waals surface area contributed by atoms with Crippen molar-refractivity contribution in [2.24, 2.45) is 0 Å². The number of rotatable bonds is 10. The summed E-state index contributed by atoms with van der Waals surface area (Å²) in [4.78, 5) is 21.4. The molecule has 45 heavy (non-hydrogen) atoms. The highest BCUT2D eigenvalue weighted by atomic mass is 32.1. The lowest BCUT2D eigenvalue weighted by Crippen LogP contribution is -2.50. The van der Waals surface area contributed by atoms with Gasteiger partial charge >= 0.3 is 4.87 Å². The van der Waals surface area contributed by atoms with Crippen LogP contribution in [0, 0.1) is 4.84 Å². The molecule has 4 aromatic rings. The van der Waals surface area contributed by atoms with Gasteiger partial charge in [-0.2, -0.15) is 0 Å². The Kier molecular flexibility index (Phi) is 10.2. The van der Waals surface area contributed by atoms with Crippen molar-refractivity contribution in [2.75, 3.05) is 52.4 Å². The van der Waals surface area contributed by atoms with E-state index in [-0.39, 0.29) is 4.87 Å². The van der Waals surface area contributed by atoms with Crippen LogP contribution in [0.4, 0.5) is 0 Å². The molecule has 1 atom stereocenters. The van der Waals surface area contributed by atoms with Gasteiger partial charge in [0, 0.05) is 57.4 Å². The lowest BCUT2D eigenvalue weighted by molar-refractivity contribution is 0.0780. The number of aromatic nitrogens is 2. The summed E-state index contributed by atoms with van der Waals surface area (Å²) >= 11 is 7.12. The van der Waals surface area contributed by atoms with Gasteiger partial charge in [-0.1, -0.05) is 54.9 Å². The standard InChI is InChI=1S/C36H49N5O2S2/c42-35-40(31-14-4-5-16-33(31)45-35)27-24-37-19-9-10-28(17-21-37)30-13-8-15-32-34(30)43-36(44)41(32)20-7-6-18-38-22-25-39(26-23-38)29-11-2-1-3-12-29/h4-5,8,13-16,28-29H,1-3,6-7,9-12,17-27H2. The highest BCUT2D eigenvalue weighted by Crippen LogP contribution is 2.34. The first-order valence-corrected chi connectivity index (χ1v) is 18.8. The fraction of sp³-hybridized carbons (Fsp3) is 0.611. The SMILES string of the molecule is O=c1sc2ccccc2n1CCN1CCCC(c2cccc3c2oc(=S)n3CCCCN2CCN(C3CCCCC3)CC2)CC1. The molecule has 0 radical (unpaired) electrons. The molecule has 1 aliphatic carbocycles.